The van der Waals surface area contributed by atoms with Crippen molar-refractivity contribution < 1.29 is 0 Å². The van der Waals surface area contributed by atoms with E-state index in [2.05, 4.69) is 64.1 Å². The van der Waals surface area contributed by atoms with Crippen molar-refractivity contribution in [2.75, 3.05) is 6.54 Å². The van der Waals surface area contributed by atoms with Gasteiger partial charge in [-0.1, -0.05) is 19.1 Å². The molecular weight excluding hydrogens is 276 g/mol. The molecule has 0 saturated carbocycles. The first kappa shape index (κ1) is 14.4. The second-order valence-electron chi connectivity index (χ2n) is 5.42. The van der Waals surface area contributed by atoms with Gasteiger partial charge in [-0.3, -0.25) is 0 Å². The molecule has 2 heterocycles. The van der Waals surface area contributed by atoms with Gasteiger partial charge in [0.1, 0.15) is 0 Å². The van der Waals surface area contributed by atoms with Crippen molar-refractivity contribution in [1.82, 2.24) is 9.88 Å². The van der Waals surface area contributed by atoms with Gasteiger partial charge in [0.15, 0.2) is 0 Å². The number of fused-ring (bicyclic) bond motifs is 1. The molecule has 2 nitrogen and oxygen atoms in total. The van der Waals surface area contributed by atoms with E-state index in [0.29, 0.717) is 0 Å². The largest absolute Gasteiger partial charge is 0.347 e. The van der Waals surface area contributed by atoms with Crippen LogP contribution in [0.5, 0.6) is 0 Å². The van der Waals surface area contributed by atoms with Crippen LogP contribution in [0.4, 0.5) is 0 Å². The van der Waals surface area contributed by atoms with E-state index in [0.717, 1.165) is 26.1 Å². The Balaban J connectivity index is 1.76. The van der Waals surface area contributed by atoms with Crippen LogP contribution in [0.3, 0.4) is 0 Å². The van der Waals surface area contributed by atoms with Crippen molar-refractivity contribution in [3.05, 3.63) is 58.4 Å². The summed E-state index contributed by atoms with van der Waals surface area (Å²) in [7, 11) is 0. The van der Waals surface area contributed by atoms with Crippen LogP contribution >= 0.6 is 11.3 Å². The Kier molecular flexibility index (Phi) is 4.73. The van der Waals surface area contributed by atoms with Crippen LogP contribution in [0.25, 0.3) is 10.9 Å². The molecule has 0 fully saturated rings. The molecule has 0 saturated heterocycles. The van der Waals surface area contributed by atoms with Crippen molar-refractivity contribution in [1.29, 1.82) is 0 Å². The number of aromatic nitrogens is 1. The smallest absolute Gasteiger partial charge is 0.0483 e. The zero-order chi connectivity index (χ0) is 14.5. The van der Waals surface area contributed by atoms with Gasteiger partial charge in [0.05, 0.1) is 0 Å². The highest BCUT2D eigenvalue weighted by Crippen LogP contribution is 2.21. The number of aryl methyl sites for hydroxylation is 2. The number of thiophene rings is 1. The first-order valence-corrected chi connectivity index (χ1v) is 8.61. The standard InChI is InChI=1S/C18H22N2S/c1-2-9-19-13-16-4-3-5-18-17(16)7-11-20(18)10-6-15-8-12-21-14-15/h3-5,7-8,11-12,14,19H,2,6,9-10,13H2,1H3. The summed E-state index contributed by atoms with van der Waals surface area (Å²) >= 11 is 1.78. The van der Waals surface area contributed by atoms with E-state index >= 15 is 0 Å². The van der Waals surface area contributed by atoms with Crippen LogP contribution in [0.2, 0.25) is 0 Å². The van der Waals surface area contributed by atoms with E-state index < -0.39 is 0 Å². The first-order valence-electron chi connectivity index (χ1n) is 7.67. The molecule has 3 rings (SSSR count). The Hall–Kier alpha value is -1.58. The molecule has 0 spiro atoms. The molecule has 0 amide bonds. The van der Waals surface area contributed by atoms with Crippen molar-refractivity contribution in [2.24, 2.45) is 0 Å². The fourth-order valence-corrected chi connectivity index (χ4v) is 3.42. The van der Waals surface area contributed by atoms with E-state index in [-0.39, 0.29) is 0 Å². The highest BCUT2D eigenvalue weighted by Gasteiger charge is 2.05. The normalized spacial score (nSPS) is 11.3. The Morgan fingerprint density at radius 1 is 1.19 bits per heavy atom. The SMILES string of the molecule is CCCNCc1cccc2c1ccn2CCc1ccsc1. The Bertz CT molecular complexity index is 682. The minimum Gasteiger partial charge on any atom is -0.347 e. The highest BCUT2D eigenvalue weighted by atomic mass is 32.1. The summed E-state index contributed by atoms with van der Waals surface area (Å²) < 4.78 is 2.37. The predicted octanol–water partition coefficient (Wildman–Crippen LogP) is 4.45. The second kappa shape index (κ2) is 6.92. The zero-order valence-corrected chi connectivity index (χ0v) is 13.3. The molecule has 3 aromatic rings. The van der Waals surface area contributed by atoms with Crippen LogP contribution in [0.15, 0.2) is 47.3 Å². The summed E-state index contributed by atoms with van der Waals surface area (Å²) in [5.41, 5.74) is 4.18. The topological polar surface area (TPSA) is 17.0 Å². The van der Waals surface area contributed by atoms with E-state index in [1.165, 1.54) is 28.5 Å². The van der Waals surface area contributed by atoms with Crippen molar-refractivity contribution in [2.45, 2.75) is 32.9 Å². The quantitative estimate of drug-likeness (QED) is 0.638. The molecule has 0 aliphatic heterocycles. The molecule has 0 unspecified atom stereocenters. The Morgan fingerprint density at radius 3 is 2.95 bits per heavy atom. The molecule has 0 bridgehead atoms. The molecule has 0 radical (unpaired) electrons. The molecule has 110 valence electrons. The number of nitrogens with one attached hydrogen (secondary N) is 1. The van der Waals surface area contributed by atoms with Crippen molar-refractivity contribution >= 4 is 22.2 Å². The van der Waals surface area contributed by atoms with Gasteiger partial charge >= 0.3 is 0 Å². The number of hydrogen-bond donors (Lipinski definition) is 1. The summed E-state index contributed by atoms with van der Waals surface area (Å²) in [5.74, 6) is 0. The predicted molar refractivity (Wildman–Crippen MR) is 92.0 cm³/mol. The third-order valence-corrected chi connectivity index (χ3v) is 4.60. The number of benzene rings is 1. The van der Waals surface area contributed by atoms with E-state index in [9.17, 15) is 0 Å². The maximum Gasteiger partial charge on any atom is 0.0483 e. The number of nitrogens with zero attached hydrogens (tertiary/aromatic N) is 1. The second-order valence-corrected chi connectivity index (χ2v) is 6.20. The fraction of sp³-hybridized carbons (Fsp3) is 0.333. The summed E-state index contributed by atoms with van der Waals surface area (Å²) in [6, 6.07) is 11.1. The summed E-state index contributed by atoms with van der Waals surface area (Å²) in [4.78, 5) is 0. The lowest BCUT2D eigenvalue weighted by molar-refractivity contribution is 0.678. The minimum absolute atomic E-state index is 0.958. The molecule has 0 aliphatic rings. The Morgan fingerprint density at radius 2 is 2.14 bits per heavy atom. The molecule has 0 aliphatic carbocycles. The van der Waals surface area contributed by atoms with Gasteiger partial charge in [-0.2, -0.15) is 11.3 Å². The van der Waals surface area contributed by atoms with Gasteiger partial charge in [-0.25, -0.2) is 0 Å². The summed E-state index contributed by atoms with van der Waals surface area (Å²) in [5, 5.41) is 9.28. The van der Waals surface area contributed by atoms with Crippen LogP contribution < -0.4 is 5.32 Å². The molecular formula is C18H22N2S. The lowest BCUT2D eigenvalue weighted by Crippen LogP contribution is -2.13. The van der Waals surface area contributed by atoms with E-state index in [1.807, 2.05) is 0 Å². The molecule has 1 aromatic carbocycles. The molecule has 21 heavy (non-hydrogen) atoms. The van der Waals surface area contributed by atoms with Gasteiger partial charge in [-0.15, -0.1) is 0 Å². The van der Waals surface area contributed by atoms with Crippen LogP contribution in [0.1, 0.15) is 24.5 Å². The van der Waals surface area contributed by atoms with Crippen LogP contribution in [-0.2, 0) is 19.5 Å². The first-order chi connectivity index (χ1) is 10.4. The third-order valence-electron chi connectivity index (χ3n) is 3.87. The van der Waals surface area contributed by atoms with Crippen molar-refractivity contribution in [3.63, 3.8) is 0 Å². The van der Waals surface area contributed by atoms with E-state index in [4.69, 9.17) is 0 Å². The molecule has 2 aromatic heterocycles. The lowest BCUT2D eigenvalue weighted by atomic mass is 10.1. The lowest BCUT2D eigenvalue weighted by Gasteiger charge is -2.08. The van der Waals surface area contributed by atoms with Gasteiger partial charge in [0.2, 0.25) is 0 Å². The van der Waals surface area contributed by atoms with Crippen LogP contribution in [-0.4, -0.2) is 11.1 Å². The fourth-order valence-electron chi connectivity index (χ4n) is 2.72. The zero-order valence-electron chi connectivity index (χ0n) is 12.5. The number of rotatable bonds is 7. The molecule has 3 heteroatoms. The van der Waals surface area contributed by atoms with Gasteiger partial charge < -0.3 is 9.88 Å². The summed E-state index contributed by atoms with van der Waals surface area (Å²) in [6.45, 7) is 5.29. The van der Waals surface area contributed by atoms with Crippen molar-refractivity contribution in [3.8, 4) is 0 Å². The minimum atomic E-state index is 0.958. The molecule has 1 N–H and O–H groups in total. The average molecular weight is 298 g/mol. The average Bonchev–Trinajstić information content (AvgIpc) is 3.15. The monoisotopic (exact) mass is 298 g/mol. The van der Waals surface area contributed by atoms with Gasteiger partial charge in [0, 0.05) is 30.2 Å². The van der Waals surface area contributed by atoms with Gasteiger partial charge in [-0.05, 0) is 59.5 Å². The maximum absolute atomic E-state index is 3.50. The summed E-state index contributed by atoms with van der Waals surface area (Å²) in [6.07, 6.45) is 4.50. The maximum atomic E-state index is 3.50. The van der Waals surface area contributed by atoms with Gasteiger partial charge in [0.25, 0.3) is 0 Å². The van der Waals surface area contributed by atoms with E-state index in [1.54, 1.807) is 11.3 Å². The third kappa shape index (κ3) is 3.36. The van der Waals surface area contributed by atoms with Crippen LogP contribution in [0, 0.1) is 0 Å². The molecule has 0 atom stereocenters. The highest BCUT2D eigenvalue weighted by molar-refractivity contribution is 7.07. The Labute approximate surface area is 130 Å². The number of hydrogen-bond acceptors (Lipinski definition) is 2.